The van der Waals surface area contributed by atoms with Crippen molar-refractivity contribution in [1.82, 2.24) is 9.55 Å². The molecule has 5 heteroatoms. The summed E-state index contributed by atoms with van der Waals surface area (Å²) in [4.78, 5) is 15.9. The van der Waals surface area contributed by atoms with Crippen molar-refractivity contribution in [3.05, 3.63) is 54.0 Å². The summed E-state index contributed by atoms with van der Waals surface area (Å²) in [6.07, 6.45) is 7.80. The molecule has 1 aliphatic carbocycles. The van der Waals surface area contributed by atoms with Gasteiger partial charge in [-0.3, -0.25) is 0 Å². The minimum absolute atomic E-state index is 0.0498. The van der Waals surface area contributed by atoms with E-state index in [1.54, 1.807) is 6.07 Å². The molecule has 0 spiro atoms. The second kappa shape index (κ2) is 6.83. The van der Waals surface area contributed by atoms with Crippen molar-refractivity contribution < 1.29 is 14.3 Å². The summed E-state index contributed by atoms with van der Waals surface area (Å²) >= 11 is 0. The zero-order chi connectivity index (χ0) is 18.1. The van der Waals surface area contributed by atoms with Crippen LogP contribution in [0.1, 0.15) is 54.3 Å². The Labute approximate surface area is 152 Å². The molecule has 2 aromatic heterocycles. The molecule has 1 aromatic carbocycles. The zero-order valence-electron chi connectivity index (χ0n) is 14.8. The number of imidazole rings is 1. The van der Waals surface area contributed by atoms with Gasteiger partial charge < -0.3 is 14.1 Å². The molecule has 4 rings (SSSR count). The number of carboxylic acids is 1. The third-order valence-electron chi connectivity index (χ3n) is 5.14. The van der Waals surface area contributed by atoms with Gasteiger partial charge in [-0.1, -0.05) is 49.1 Å². The molecule has 0 unspecified atom stereocenters. The van der Waals surface area contributed by atoms with E-state index in [1.165, 1.54) is 30.9 Å². The Balaban J connectivity index is 1.84. The fourth-order valence-corrected chi connectivity index (χ4v) is 3.74. The first kappa shape index (κ1) is 16.6. The molecule has 0 bridgehead atoms. The molecule has 1 fully saturated rings. The fourth-order valence-electron chi connectivity index (χ4n) is 3.74. The summed E-state index contributed by atoms with van der Waals surface area (Å²) < 4.78 is 7.83. The first-order valence-corrected chi connectivity index (χ1v) is 9.11. The van der Waals surface area contributed by atoms with Crippen LogP contribution in [0.2, 0.25) is 0 Å². The van der Waals surface area contributed by atoms with Crippen molar-refractivity contribution in [2.75, 3.05) is 0 Å². The first-order chi connectivity index (χ1) is 12.6. The van der Waals surface area contributed by atoms with Crippen LogP contribution in [0, 0.1) is 6.92 Å². The van der Waals surface area contributed by atoms with Gasteiger partial charge in [-0.05, 0) is 31.9 Å². The number of benzene rings is 1. The molecule has 0 aliphatic heterocycles. The van der Waals surface area contributed by atoms with Crippen LogP contribution in [0.5, 0.6) is 0 Å². The highest BCUT2D eigenvalue weighted by Crippen LogP contribution is 2.38. The van der Waals surface area contributed by atoms with E-state index in [0.717, 1.165) is 29.8 Å². The van der Waals surface area contributed by atoms with Crippen LogP contribution in [-0.4, -0.2) is 20.6 Å². The second-order valence-electron chi connectivity index (χ2n) is 6.98. The predicted molar refractivity (Wildman–Crippen MR) is 99.2 cm³/mol. The molecule has 0 radical (unpaired) electrons. The average Bonchev–Trinajstić information content (AvgIpc) is 3.30. The Bertz CT molecular complexity index is 915. The van der Waals surface area contributed by atoms with E-state index in [0.29, 0.717) is 11.8 Å². The first-order valence-electron chi connectivity index (χ1n) is 9.11. The van der Waals surface area contributed by atoms with Crippen molar-refractivity contribution in [2.24, 2.45) is 0 Å². The normalized spacial score (nSPS) is 15.3. The molecule has 2 heterocycles. The van der Waals surface area contributed by atoms with Crippen LogP contribution in [0.3, 0.4) is 0 Å². The van der Waals surface area contributed by atoms with Gasteiger partial charge in [0.25, 0.3) is 0 Å². The molecular formula is C21H22N2O3. The maximum Gasteiger partial charge on any atom is 0.371 e. The van der Waals surface area contributed by atoms with Gasteiger partial charge >= 0.3 is 5.97 Å². The summed E-state index contributed by atoms with van der Waals surface area (Å²) in [5.74, 6) is -0.552. The van der Waals surface area contributed by atoms with Crippen molar-refractivity contribution in [3.63, 3.8) is 0 Å². The quantitative estimate of drug-likeness (QED) is 0.691. The van der Waals surface area contributed by atoms with Crippen molar-refractivity contribution >= 4 is 5.97 Å². The van der Waals surface area contributed by atoms with Gasteiger partial charge in [0.1, 0.15) is 5.69 Å². The molecule has 3 aromatic rings. The van der Waals surface area contributed by atoms with E-state index in [4.69, 9.17) is 4.42 Å². The molecular weight excluding hydrogens is 328 g/mol. The van der Waals surface area contributed by atoms with E-state index >= 15 is 0 Å². The number of carboxylic acid groups (broad SMARTS) is 1. The predicted octanol–water partition coefficient (Wildman–Crippen LogP) is 5.32. The number of nitrogens with zero attached hydrogens (tertiary/aromatic N) is 2. The average molecular weight is 350 g/mol. The van der Waals surface area contributed by atoms with Crippen molar-refractivity contribution in [3.8, 4) is 22.7 Å². The van der Waals surface area contributed by atoms with Crippen LogP contribution in [0.4, 0.5) is 0 Å². The molecule has 0 saturated heterocycles. The maximum absolute atomic E-state index is 11.2. The number of aromatic nitrogens is 2. The third kappa shape index (κ3) is 3.05. The molecule has 0 atom stereocenters. The van der Waals surface area contributed by atoms with E-state index in [-0.39, 0.29) is 5.76 Å². The Hall–Kier alpha value is -2.82. The Morgan fingerprint density at radius 2 is 1.85 bits per heavy atom. The van der Waals surface area contributed by atoms with Gasteiger partial charge in [-0.25, -0.2) is 9.78 Å². The highest BCUT2D eigenvalue weighted by Gasteiger charge is 2.25. The SMILES string of the molecule is Cc1ccc(-c2ncn(C3CCCCC3)c2-c2ccc(C(=O)O)o2)cc1. The summed E-state index contributed by atoms with van der Waals surface area (Å²) in [7, 11) is 0. The minimum atomic E-state index is -1.06. The highest BCUT2D eigenvalue weighted by molar-refractivity contribution is 5.86. The minimum Gasteiger partial charge on any atom is -0.475 e. The molecule has 5 nitrogen and oxygen atoms in total. The summed E-state index contributed by atoms with van der Waals surface area (Å²) in [6, 6.07) is 11.8. The van der Waals surface area contributed by atoms with Gasteiger partial charge in [0.2, 0.25) is 5.76 Å². The van der Waals surface area contributed by atoms with E-state index in [2.05, 4.69) is 28.6 Å². The number of furan rings is 1. The highest BCUT2D eigenvalue weighted by atomic mass is 16.4. The van der Waals surface area contributed by atoms with Crippen molar-refractivity contribution in [2.45, 2.75) is 45.1 Å². The van der Waals surface area contributed by atoms with Crippen LogP contribution in [-0.2, 0) is 0 Å². The number of aryl methyl sites for hydroxylation is 1. The smallest absolute Gasteiger partial charge is 0.371 e. The van der Waals surface area contributed by atoms with Gasteiger partial charge in [0, 0.05) is 11.6 Å². The van der Waals surface area contributed by atoms with E-state index < -0.39 is 5.97 Å². The lowest BCUT2D eigenvalue weighted by Crippen LogP contribution is -2.13. The Morgan fingerprint density at radius 3 is 2.50 bits per heavy atom. The number of hydrogen-bond donors (Lipinski definition) is 1. The van der Waals surface area contributed by atoms with Gasteiger partial charge in [0.15, 0.2) is 5.76 Å². The Kier molecular flexibility index (Phi) is 4.37. The second-order valence-corrected chi connectivity index (χ2v) is 6.98. The van der Waals surface area contributed by atoms with Gasteiger partial charge in [-0.2, -0.15) is 0 Å². The fraction of sp³-hybridized carbons (Fsp3) is 0.333. The summed E-state index contributed by atoms with van der Waals surface area (Å²) in [5, 5.41) is 9.21. The number of aromatic carboxylic acids is 1. The van der Waals surface area contributed by atoms with E-state index in [9.17, 15) is 9.90 Å². The zero-order valence-corrected chi connectivity index (χ0v) is 14.8. The van der Waals surface area contributed by atoms with Crippen LogP contribution in [0.15, 0.2) is 47.1 Å². The van der Waals surface area contributed by atoms with Crippen molar-refractivity contribution in [1.29, 1.82) is 0 Å². The van der Waals surface area contributed by atoms with E-state index in [1.807, 2.05) is 18.5 Å². The number of hydrogen-bond acceptors (Lipinski definition) is 3. The lowest BCUT2D eigenvalue weighted by molar-refractivity contribution is 0.0663. The monoisotopic (exact) mass is 350 g/mol. The molecule has 134 valence electrons. The standard InChI is InChI=1S/C21H22N2O3/c1-14-7-9-15(10-8-14)19-20(17-11-12-18(26-17)21(24)25)23(13-22-19)16-5-3-2-4-6-16/h7-13,16H,2-6H2,1H3,(H,24,25). The maximum atomic E-state index is 11.2. The summed E-state index contributed by atoms with van der Waals surface area (Å²) in [6.45, 7) is 2.05. The lowest BCUT2D eigenvalue weighted by atomic mass is 9.95. The van der Waals surface area contributed by atoms with Crippen LogP contribution < -0.4 is 0 Å². The molecule has 1 N–H and O–H groups in total. The largest absolute Gasteiger partial charge is 0.475 e. The molecule has 26 heavy (non-hydrogen) atoms. The van der Waals surface area contributed by atoms with Crippen LogP contribution in [0.25, 0.3) is 22.7 Å². The lowest BCUT2D eigenvalue weighted by Gasteiger charge is -2.24. The van der Waals surface area contributed by atoms with Gasteiger partial charge in [0.05, 0.1) is 12.0 Å². The molecule has 0 amide bonds. The van der Waals surface area contributed by atoms with Gasteiger partial charge in [-0.15, -0.1) is 0 Å². The number of rotatable bonds is 4. The third-order valence-corrected chi connectivity index (χ3v) is 5.14. The number of carbonyl (C=O) groups is 1. The molecule has 1 aliphatic rings. The van der Waals surface area contributed by atoms with Crippen LogP contribution >= 0.6 is 0 Å². The molecule has 1 saturated carbocycles. The topological polar surface area (TPSA) is 68.3 Å². The Morgan fingerprint density at radius 1 is 1.12 bits per heavy atom. The summed E-state index contributed by atoms with van der Waals surface area (Å²) in [5.41, 5.74) is 3.90.